The Bertz CT molecular complexity index is 563. The lowest BCUT2D eigenvalue weighted by Crippen LogP contribution is -2.21. The molecule has 0 bridgehead atoms. The normalized spacial score (nSPS) is 10.2. The minimum absolute atomic E-state index is 0.261. The predicted octanol–water partition coefficient (Wildman–Crippen LogP) is 1.44. The van der Waals surface area contributed by atoms with Gasteiger partial charge in [0.15, 0.2) is 5.84 Å². The molecule has 0 spiro atoms. The number of hydrogen-bond acceptors (Lipinski definition) is 5. The molecule has 6 nitrogen and oxygen atoms in total. The van der Waals surface area contributed by atoms with E-state index in [9.17, 15) is 0 Å². The molecule has 0 atom stereocenters. The molecule has 0 amide bonds. The van der Waals surface area contributed by atoms with Gasteiger partial charge in [0.2, 0.25) is 5.71 Å². The zero-order valence-corrected chi connectivity index (χ0v) is 9.28. The van der Waals surface area contributed by atoms with Crippen molar-refractivity contribution in [2.24, 2.45) is 10.8 Å². The molecular formula is C10H7ClN6. The molecule has 0 aliphatic carbocycles. The van der Waals surface area contributed by atoms with E-state index in [1.54, 1.807) is 12.1 Å². The highest BCUT2D eigenvalue weighted by Gasteiger charge is 2.04. The third-order valence-corrected chi connectivity index (χ3v) is 2.07. The van der Waals surface area contributed by atoms with Crippen LogP contribution in [0.15, 0.2) is 23.3 Å². The predicted molar refractivity (Wildman–Crippen MR) is 64.8 cm³/mol. The van der Waals surface area contributed by atoms with Crippen LogP contribution in [-0.4, -0.2) is 11.5 Å². The van der Waals surface area contributed by atoms with Gasteiger partial charge in [0.1, 0.15) is 6.07 Å². The molecule has 1 aromatic rings. The van der Waals surface area contributed by atoms with Gasteiger partial charge in [0.05, 0.1) is 22.3 Å². The summed E-state index contributed by atoms with van der Waals surface area (Å²) >= 11 is 5.85. The Labute approximate surface area is 102 Å². The lowest BCUT2D eigenvalue weighted by Gasteiger charge is -2.03. The van der Waals surface area contributed by atoms with Gasteiger partial charge in [-0.05, 0) is 18.2 Å². The molecule has 0 fully saturated rings. The molecule has 0 saturated heterocycles. The van der Waals surface area contributed by atoms with E-state index in [1.165, 1.54) is 12.1 Å². The number of benzene rings is 1. The number of halogens is 1. The Morgan fingerprint density at radius 1 is 1.47 bits per heavy atom. The van der Waals surface area contributed by atoms with E-state index in [0.717, 1.165) is 0 Å². The van der Waals surface area contributed by atoms with Crippen molar-refractivity contribution in [3.63, 3.8) is 0 Å². The summed E-state index contributed by atoms with van der Waals surface area (Å²) in [4.78, 5) is 0. The number of amidine groups is 1. The largest absolute Gasteiger partial charge is 0.382 e. The van der Waals surface area contributed by atoms with Crippen molar-refractivity contribution >= 4 is 28.8 Å². The highest BCUT2D eigenvalue weighted by Crippen LogP contribution is 2.22. The third kappa shape index (κ3) is 3.20. The average molecular weight is 247 g/mol. The van der Waals surface area contributed by atoms with Crippen molar-refractivity contribution < 1.29 is 0 Å². The van der Waals surface area contributed by atoms with Gasteiger partial charge in [-0.2, -0.15) is 15.6 Å². The first-order chi connectivity index (χ1) is 8.08. The maximum absolute atomic E-state index is 8.70. The summed E-state index contributed by atoms with van der Waals surface area (Å²) in [6.45, 7) is 0. The highest BCUT2D eigenvalue weighted by atomic mass is 35.5. The van der Waals surface area contributed by atoms with Crippen LogP contribution in [0.4, 0.5) is 5.69 Å². The van der Waals surface area contributed by atoms with E-state index < -0.39 is 5.84 Å². The fraction of sp³-hybridized carbons (Fsp3) is 0. The summed E-state index contributed by atoms with van der Waals surface area (Å²) < 4.78 is 0. The molecule has 0 saturated carbocycles. The maximum atomic E-state index is 8.70. The lowest BCUT2D eigenvalue weighted by molar-refractivity contribution is 1.33. The summed E-state index contributed by atoms with van der Waals surface area (Å²) in [5, 5.41) is 28.3. The van der Waals surface area contributed by atoms with Crippen molar-refractivity contribution in [1.82, 2.24) is 0 Å². The SMILES string of the molecule is N#C/C(=N\Nc1cc(C#N)ccc1Cl)C(=N)N. The zero-order chi connectivity index (χ0) is 12.8. The van der Waals surface area contributed by atoms with Gasteiger partial charge in [-0.25, -0.2) is 0 Å². The van der Waals surface area contributed by atoms with E-state index in [0.29, 0.717) is 16.3 Å². The van der Waals surface area contributed by atoms with Gasteiger partial charge >= 0.3 is 0 Å². The Balaban J connectivity index is 3.01. The van der Waals surface area contributed by atoms with Crippen LogP contribution in [0.1, 0.15) is 5.56 Å². The summed E-state index contributed by atoms with van der Waals surface area (Å²) in [5.41, 5.74) is 8.09. The second kappa shape index (κ2) is 5.50. The van der Waals surface area contributed by atoms with Crippen LogP contribution in [-0.2, 0) is 0 Å². The summed E-state index contributed by atoms with van der Waals surface area (Å²) in [6.07, 6.45) is 0. The number of rotatable bonds is 3. The number of hydrazone groups is 1. The number of nitrogens with two attached hydrogens (primary N) is 1. The number of nitrogens with one attached hydrogen (secondary N) is 2. The van der Waals surface area contributed by atoms with Crippen LogP contribution in [0.5, 0.6) is 0 Å². The maximum Gasteiger partial charge on any atom is 0.201 e. The molecular weight excluding hydrogens is 240 g/mol. The van der Waals surface area contributed by atoms with E-state index >= 15 is 0 Å². The second-order valence-electron chi connectivity index (χ2n) is 2.90. The second-order valence-corrected chi connectivity index (χ2v) is 3.31. The van der Waals surface area contributed by atoms with Gasteiger partial charge < -0.3 is 5.73 Å². The van der Waals surface area contributed by atoms with Crippen LogP contribution in [0.25, 0.3) is 0 Å². The number of anilines is 1. The van der Waals surface area contributed by atoms with E-state index in [2.05, 4.69) is 10.5 Å². The fourth-order valence-electron chi connectivity index (χ4n) is 0.942. The Morgan fingerprint density at radius 3 is 2.71 bits per heavy atom. The Kier molecular flexibility index (Phi) is 4.04. The summed E-state index contributed by atoms with van der Waals surface area (Å²) in [5.74, 6) is -0.451. The van der Waals surface area contributed by atoms with Crippen LogP contribution in [0.2, 0.25) is 5.02 Å². The minimum atomic E-state index is -0.451. The molecule has 0 aliphatic heterocycles. The summed E-state index contributed by atoms with van der Waals surface area (Å²) in [6, 6.07) is 8.14. The van der Waals surface area contributed by atoms with E-state index in [4.69, 9.17) is 33.3 Å². The van der Waals surface area contributed by atoms with Gasteiger partial charge in [0.25, 0.3) is 0 Å². The smallest absolute Gasteiger partial charge is 0.201 e. The molecule has 0 radical (unpaired) electrons. The van der Waals surface area contributed by atoms with Gasteiger partial charge in [0, 0.05) is 0 Å². The van der Waals surface area contributed by atoms with E-state index in [1.807, 2.05) is 6.07 Å². The van der Waals surface area contributed by atoms with Gasteiger partial charge in [-0.1, -0.05) is 11.6 Å². The molecule has 1 rings (SSSR count). The molecule has 0 aromatic heterocycles. The monoisotopic (exact) mass is 246 g/mol. The Morgan fingerprint density at radius 2 is 2.18 bits per heavy atom. The van der Waals surface area contributed by atoms with Crippen LogP contribution < -0.4 is 11.2 Å². The molecule has 4 N–H and O–H groups in total. The molecule has 0 heterocycles. The van der Waals surface area contributed by atoms with Crippen molar-refractivity contribution in [3.05, 3.63) is 28.8 Å². The molecule has 17 heavy (non-hydrogen) atoms. The minimum Gasteiger partial charge on any atom is -0.382 e. The number of hydrogen-bond donors (Lipinski definition) is 3. The molecule has 84 valence electrons. The average Bonchev–Trinajstić information content (AvgIpc) is 2.31. The van der Waals surface area contributed by atoms with Crippen LogP contribution >= 0.6 is 11.6 Å². The Hall–Kier alpha value is -2.57. The van der Waals surface area contributed by atoms with Crippen molar-refractivity contribution in [2.45, 2.75) is 0 Å². The number of nitrogens with zero attached hydrogens (tertiary/aromatic N) is 3. The molecule has 0 aliphatic rings. The standard InChI is InChI=1S/C10H7ClN6/c11-7-2-1-6(4-12)3-8(7)16-17-9(5-13)10(14)15/h1-3,16H,(H3,14,15)/b17-9+. The van der Waals surface area contributed by atoms with E-state index in [-0.39, 0.29) is 5.71 Å². The van der Waals surface area contributed by atoms with Crippen molar-refractivity contribution in [3.8, 4) is 12.1 Å². The van der Waals surface area contributed by atoms with Gasteiger partial charge in [-0.15, -0.1) is 0 Å². The molecule has 1 aromatic carbocycles. The lowest BCUT2D eigenvalue weighted by atomic mass is 10.2. The fourth-order valence-corrected chi connectivity index (χ4v) is 1.10. The van der Waals surface area contributed by atoms with Crippen molar-refractivity contribution in [2.75, 3.05) is 5.43 Å². The number of nitriles is 2. The third-order valence-electron chi connectivity index (χ3n) is 1.74. The summed E-state index contributed by atoms with van der Waals surface area (Å²) in [7, 11) is 0. The topological polar surface area (TPSA) is 122 Å². The quantitative estimate of drug-likeness (QED) is 0.424. The first-order valence-electron chi connectivity index (χ1n) is 4.36. The molecule has 7 heteroatoms. The first kappa shape index (κ1) is 12.5. The zero-order valence-electron chi connectivity index (χ0n) is 8.53. The highest BCUT2D eigenvalue weighted by molar-refractivity contribution is 6.45. The molecule has 0 unspecified atom stereocenters. The van der Waals surface area contributed by atoms with Crippen LogP contribution in [0.3, 0.4) is 0 Å². The first-order valence-corrected chi connectivity index (χ1v) is 4.74. The van der Waals surface area contributed by atoms with Crippen LogP contribution in [0, 0.1) is 28.1 Å². The van der Waals surface area contributed by atoms with Crippen molar-refractivity contribution in [1.29, 1.82) is 15.9 Å². The van der Waals surface area contributed by atoms with Gasteiger partial charge in [-0.3, -0.25) is 10.8 Å².